The van der Waals surface area contributed by atoms with E-state index in [9.17, 15) is 0 Å². The lowest BCUT2D eigenvalue weighted by atomic mass is 10.2. The van der Waals surface area contributed by atoms with E-state index in [4.69, 9.17) is 16.0 Å². The van der Waals surface area contributed by atoms with E-state index in [-0.39, 0.29) is 0 Å². The fraction of sp³-hybridized carbons (Fsp3) is 0.375. The molecule has 1 fully saturated rings. The highest BCUT2D eigenvalue weighted by atomic mass is 79.9. The van der Waals surface area contributed by atoms with Gasteiger partial charge < -0.3 is 9.73 Å². The maximum atomic E-state index is 6.15. The topological polar surface area (TPSA) is 25.2 Å². The zero-order valence-corrected chi connectivity index (χ0v) is 13.9. The van der Waals surface area contributed by atoms with E-state index in [1.165, 1.54) is 6.42 Å². The molecule has 0 aliphatic heterocycles. The maximum Gasteiger partial charge on any atom is 0.123 e. The van der Waals surface area contributed by atoms with Crippen LogP contribution in [0.4, 0.5) is 5.69 Å². The number of furan rings is 1. The maximum absolute atomic E-state index is 6.15. The van der Waals surface area contributed by atoms with E-state index < -0.39 is 0 Å². The number of halogens is 2. The van der Waals surface area contributed by atoms with E-state index >= 15 is 0 Å². The van der Waals surface area contributed by atoms with Crippen molar-refractivity contribution in [1.82, 2.24) is 0 Å². The van der Waals surface area contributed by atoms with Crippen molar-refractivity contribution in [3.05, 3.63) is 50.8 Å². The summed E-state index contributed by atoms with van der Waals surface area (Å²) in [6, 6.07) is 8.11. The molecule has 0 amide bonds. The first-order chi connectivity index (χ1) is 9.54. The summed E-state index contributed by atoms with van der Waals surface area (Å²) in [7, 11) is 0. The third-order valence-electron chi connectivity index (χ3n) is 3.86. The van der Waals surface area contributed by atoms with Crippen LogP contribution in [0, 0.1) is 12.8 Å². The molecule has 1 aromatic heterocycles. The van der Waals surface area contributed by atoms with Crippen LogP contribution in [0.2, 0.25) is 5.02 Å². The number of rotatable bonds is 4. The molecule has 0 radical (unpaired) electrons. The van der Waals surface area contributed by atoms with E-state index in [1.54, 1.807) is 0 Å². The molecule has 20 heavy (non-hydrogen) atoms. The van der Waals surface area contributed by atoms with Gasteiger partial charge in [-0.2, -0.15) is 0 Å². The Balaban J connectivity index is 1.67. The molecule has 1 heterocycles. The Hall–Kier alpha value is -0.930. The van der Waals surface area contributed by atoms with Crippen molar-refractivity contribution in [2.24, 2.45) is 5.92 Å². The smallest absolute Gasteiger partial charge is 0.123 e. The van der Waals surface area contributed by atoms with Gasteiger partial charge in [0.25, 0.3) is 0 Å². The van der Waals surface area contributed by atoms with Crippen molar-refractivity contribution in [1.29, 1.82) is 0 Å². The van der Waals surface area contributed by atoms with Crippen molar-refractivity contribution in [3.63, 3.8) is 0 Å². The SMILES string of the molecule is Cc1cc(Br)c(NCc2ccc(C3CC3C)o2)cc1Cl. The summed E-state index contributed by atoms with van der Waals surface area (Å²) < 4.78 is 6.90. The highest BCUT2D eigenvalue weighted by Crippen LogP contribution is 2.47. The van der Waals surface area contributed by atoms with Crippen LogP contribution >= 0.6 is 27.5 Å². The molecule has 4 heteroatoms. The first kappa shape index (κ1) is 14.0. The van der Waals surface area contributed by atoms with Crippen molar-refractivity contribution in [3.8, 4) is 0 Å². The summed E-state index contributed by atoms with van der Waals surface area (Å²) >= 11 is 9.70. The lowest BCUT2D eigenvalue weighted by Gasteiger charge is -2.09. The quantitative estimate of drug-likeness (QED) is 0.757. The molecule has 3 rings (SSSR count). The van der Waals surface area contributed by atoms with Gasteiger partial charge in [-0.3, -0.25) is 0 Å². The second kappa shape index (κ2) is 5.45. The van der Waals surface area contributed by atoms with Gasteiger partial charge in [-0.05, 0) is 65.0 Å². The Morgan fingerprint density at radius 3 is 2.85 bits per heavy atom. The van der Waals surface area contributed by atoms with Gasteiger partial charge in [0.15, 0.2) is 0 Å². The van der Waals surface area contributed by atoms with E-state index in [0.29, 0.717) is 12.5 Å². The van der Waals surface area contributed by atoms with Gasteiger partial charge in [0, 0.05) is 15.4 Å². The third kappa shape index (κ3) is 2.89. The van der Waals surface area contributed by atoms with Crippen molar-refractivity contribution in [2.75, 3.05) is 5.32 Å². The van der Waals surface area contributed by atoms with Gasteiger partial charge >= 0.3 is 0 Å². The molecule has 1 aromatic carbocycles. The molecule has 1 N–H and O–H groups in total. The Labute approximate surface area is 132 Å². The second-order valence-electron chi connectivity index (χ2n) is 5.56. The van der Waals surface area contributed by atoms with Crippen LogP contribution in [-0.4, -0.2) is 0 Å². The van der Waals surface area contributed by atoms with Gasteiger partial charge in [0.05, 0.1) is 12.2 Å². The molecular weight excluding hydrogens is 338 g/mol. The summed E-state index contributed by atoms with van der Waals surface area (Å²) in [6.07, 6.45) is 1.25. The molecule has 0 spiro atoms. The van der Waals surface area contributed by atoms with Crippen molar-refractivity contribution in [2.45, 2.75) is 32.7 Å². The summed E-state index contributed by atoms with van der Waals surface area (Å²) in [6.45, 7) is 4.92. The summed E-state index contributed by atoms with van der Waals surface area (Å²) in [5.74, 6) is 3.48. The summed E-state index contributed by atoms with van der Waals surface area (Å²) in [5, 5.41) is 4.12. The first-order valence-corrected chi connectivity index (χ1v) is 8.00. The number of hydrogen-bond acceptors (Lipinski definition) is 2. The van der Waals surface area contributed by atoms with E-state index in [0.717, 1.165) is 38.2 Å². The van der Waals surface area contributed by atoms with Gasteiger partial charge in [-0.25, -0.2) is 0 Å². The third-order valence-corrected chi connectivity index (χ3v) is 4.92. The lowest BCUT2D eigenvalue weighted by molar-refractivity contribution is 0.468. The molecule has 1 aliphatic carbocycles. The molecule has 2 nitrogen and oxygen atoms in total. The average Bonchev–Trinajstić information content (AvgIpc) is 2.96. The van der Waals surface area contributed by atoms with Crippen molar-refractivity contribution >= 4 is 33.2 Å². The normalized spacial score (nSPS) is 21.0. The Morgan fingerprint density at radius 1 is 1.40 bits per heavy atom. The van der Waals surface area contributed by atoms with Gasteiger partial charge in [0.2, 0.25) is 0 Å². The summed E-state index contributed by atoms with van der Waals surface area (Å²) in [5.41, 5.74) is 2.05. The minimum atomic E-state index is 0.629. The molecule has 2 aromatic rings. The fourth-order valence-corrected chi connectivity index (χ4v) is 3.13. The average molecular weight is 355 g/mol. The van der Waals surface area contributed by atoms with E-state index in [1.807, 2.05) is 19.1 Å². The molecule has 2 atom stereocenters. The minimum Gasteiger partial charge on any atom is -0.464 e. The van der Waals surface area contributed by atoms with Crippen LogP contribution in [0.3, 0.4) is 0 Å². The predicted molar refractivity (Wildman–Crippen MR) is 86.4 cm³/mol. The van der Waals surface area contributed by atoms with Gasteiger partial charge in [0.1, 0.15) is 11.5 Å². The second-order valence-corrected chi connectivity index (χ2v) is 6.82. The largest absolute Gasteiger partial charge is 0.464 e. The monoisotopic (exact) mass is 353 g/mol. The fourth-order valence-electron chi connectivity index (χ4n) is 2.37. The number of nitrogens with one attached hydrogen (secondary N) is 1. The number of anilines is 1. The van der Waals surface area contributed by atoms with Gasteiger partial charge in [-0.15, -0.1) is 0 Å². The molecule has 1 saturated carbocycles. The standard InChI is InChI=1S/C16H17BrClNO/c1-9-5-12(9)16-4-3-11(20-16)8-19-15-7-14(18)10(2)6-13(15)17/h3-4,6-7,9,12,19H,5,8H2,1-2H3. The highest BCUT2D eigenvalue weighted by Gasteiger charge is 2.36. The first-order valence-electron chi connectivity index (χ1n) is 6.82. The molecule has 2 unspecified atom stereocenters. The molecule has 106 valence electrons. The zero-order chi connectivity index (χ0) is 14.3. The molecule has 0 saturated heterocycles. The number of benzene rings is 1. The van der Waals surface area contributed by atoms with E-state index in [2.05, 4.69) is 40.3 Å². The van der Waals surface area contributed by atoms with Crippen LogP contribution < -0.4 is 5.32 Å². The van der Waals surface area contributed by atoms with Crippen LogP contribution in [0.15, 0.2) is 33.2 Å². The Morgan fingerprint density at radius 2 is 2.15 bits per heavy atom. The van der Waals surface area contributed by atoms with Crippen LogP contribution in [0.1, 0.15) is 36.3 Å². The van der Waals surface area contributed by atoms with Crippen molar-refractivity contribution < 1.29 is 4.42 Å². The summed E-state index contributed by atoms with van der Waals surface area (Å²) in [4.78, 5) is 0. The lowest BCUT2D eigenvalue weighted by Crippen LogP contribution is -1.99. The number of aryl methyl sites for hydroxylation is 1. The molecule has 1 aliphatic rings. The zero-order valence-electron chi connectivity index (χ0n) is 11.5. The Bertz CT molecular complexity index is 637. The molecular formula is C16H17BrClNO. The number of hydrogen-bond donors (Lipinski definition) is 1. The highest BCUT2D eigenvalue weighted by molar-refractivity contribution is 9.10. The van der Waals surface area contributed by atoms with Crippen LogP contribution in [0.5, 0.6) is 0 Å². The minimum absolute atomic E-state index is 0.629. The molecule has 0 bridgehead atoms. The van der Waals surface area contributed by atoms with Crippen LogP contribution in [0.25, 0.3) is 0 Å². The Kier molecular flexibility index (Phi) is 3.83. The predicted octanol–water partition coefficient (Wildman–Crippen LogP) is 5.74. The van der Waals surface area contributed by atoms with Crippen LogP contribution in [-0.2, 0) is 6.54 Å². The van der Waals surface area contributed by atoms with Gasteiger partial charge in [-0.1, -0.05) is 18.5 Å².